The second kappa shape index (κ2) is 8.99. The van der Waals surface area contributed by atoms with Crippen molar-refractivity contribution in [2.75, 3.05) is 6.61 Å². The first-order valence-electron chi connectivity index (χ1n) is 9.96. The maximum atomic E-state index is 12.9. The van der Waals surface area contributed by atoms with E-state index in [1.165, 1.54) is 23.3 Å². The van der Waals surface area contributed by atoms with E-state index in [9.17, 15) is 15.0 Å². The first-order chi connectivity index (χ1) is 13.8. The zero-order valence-corrected chi connectivity index (χ0v) is 17.2. The molecule has 0 aliphatic carbocycles. The van der Waals surface area contributed by atoms with Gasteiger partial charge in [0.15, 0.2) is 5.78 Å². The Balaban J connectivity index is 1.76. The number of rotatable bonds is 6. The molecule has 0 aromatic heterocycles. The van der Waals surface area contributed by atoms with Crippen LogP contribution in [0.4, 0.5) is 0 Å². The van der Waals surface area contributed by atoms with Crippen LogP contribution in [0.5, 0.6) is 17.2 Å². The van der Waals surface area contributed by atoms with E-state index in [-0.39, 0.29) is 23.9 Å². The standard InChI is InChI=1S/C25H28O4/c1-16(2)5-4-6-17(3)7-8-19-13-18(9-12-23(19)27)22-15-29-24-14-20(26)10-11-21(24)25(22)28/h5,7,9-14,22,26-27H,4,6,8,15H2,1-3H3/b17-7+/t22-/m0/s1. The average molecular weight is 392 g/mol. The van der Waals surface area contributed by atoms with Gasteiger partial charge < -0.3 is 14.9 Å². The van der Waals surface area contributed by atoms with Crippen molar-refractivity contribution >= 4 is 5.78 Å². The van der Waals surface area contributed by atoms with Gasteiger partial charge in [-0.2, -0.15) is 0 Å². The number of carbonyl (C=O) groups excluding carboxylic acids is 1. The van der Waals surface area contributed by atoms with Gasteiger partial charge in [-0.3, -0.25) is 4.79 Å². The number of Topliss-reactive ketones (excluding diaryl/α,β-unsaturated/α-hetero) is 1. The van der Waals surface area contributed by atoms with Crippen LogP contribution < -0.4 is 4.74 Å². The molecule has 0 saturated heterocycles. The SMILES string of the molecule is CC(C)=CCC/C(C)=C/Cc1cc([C@@H]2COc3cc(O)ccc3C2=O)ccc1O. The summed E-state index contributed by atoms with van der Waals surface area (Å²) in [6.07, 6.45) is 6.98. The molecule has 0 radical (unpaired) electrons. The summed E-state index contributed by atoms with van der Waals surface area (Å²) in [6, 6.07) is 9.88. The molecule has 0 unspecified atom stereocenters. The largest absolute Gasteiger partial charge is 0.508 e. The molecule has 2 aromatic carbocycles. The molecule has 0 bridgehead atoms. The summed E-state index contributed by atoms with van der Waals surface area (Å²) in [5.74, 6) is 0.274. The average Bonchev–Trinajstić information content (AvgIpc) is 2.67. The van der Waals surface area contributed by atoms with Gasteiger partial charge in [0, 0.05) is 6.07 Å². The number of benzene rings is 2. The van der Waals surface area contributed by atoms with E-state index >= 15 is 0 Å². The summed E-state index contributed by atoms with van der Waals surface area (Å²) < 4.78 is 5.71. The van der Waals surface area contributed by atoms with Crippen LogP contribution in [0.1, 0.15) is 61.0 Å². The zero-order valence-electron chi connectivity index (χ0n) is 17.2. The van der Waals surface area contributed by atoms with Crippen LogP contribution in [0, 0.1) is 0 Å². The van der Waals surface area contributed by atoms with Crippen molar-refractivity contribution in [3.05, 3.63) is 76.4 Å². The molecule has 1 aliphatic heterocycles. The van der Waals surface area contributed by atoms with Gasteiger partial charge in [0.2, 0.25) is 0 Å². The lowest BCUT2D eigenvalue weighted by atomic mass is 9.87. The number of hydrogen-bond acceptors (Lipinski definition) is 4. The zero-order chi connectivity index (χ0) is 21.0. The highest BCUT2D eigenvalue weighted by atomic mass is 16.5. The molecule has 1 aliphatic rings. The Morgan fingerprint density at radius 3 is 2.66 bits per heavy atom. The second-order valence-electron chi connectivity index (χ2n) is 7.87. The van der Waals surface area contributed by atoms with Crippen molar-refractivity contribution in [2.45, 2.75) is 46.0 Å². The van der Waals surface area contributed by atoms with Crippen molar-refractivity contribution < 1.29 is 19.7 Å². The Morgan fingerprint density at radius 1 is 1.10 bits per heavy atom. The van der Waals surface area contributed by atoms with Crippen LogP contribution in [-0.4, -0.2) is 22.6 Å². The summed E-state index contributed by atoms with van der Waals surface area (Å²) in [5, 5.41) is 19.8. The minimum Gasteiger partial charge on any atom is -0.508 e. The second-order valence-corrected chi connectivity index (χ2v) is 7.87. The molecule has 0 spiro atoms. The van der Waals surface area contributed by atoms with E-state index in [1.807, 2.05) is 6.07 Å². The third kappa shape index (κ3) is 5.08. The van der Waals surface area contributed by atoms with E-state index in [1.54, 1.807) is 18.2 Å². The highest BCUT2D eigenvalue weighted by Crippen LogP contribution is 2.35. The lowest BCUT2D eigenvalue weighted by molar-refractivity contribution is 0.0896. The molecule has 1 heterocycles. The number of aromatic hydroxyl groups is 2. The molecule has 4 heteroatoms. The summed E-state index contributed by atoms with van der Waals surface area (Å²) in [7, 11) is 0. The van der Waals surface area contributed by atoms with Crippen LogP contribution in [0.25, 0.3) is 0 Å². The number of hydrogen-bond donors (Lipinski definition) is 2. The molecule has 3 rings (SSSR count). The fraction of sp³-hybridized carbons (Fsp3) is 0.320. The predicted molar refractivity (Wildman–Crippen MR) is 115 cm³/mol. The molecule has 0 amide bonds. The van der Waals surface area contributed by atoms with E-state index in [4.69, 9.17) is 4.74 Å². The summed E-state index contributed by atoms with van der Waals surface area (Å²) >= 11 is 0. The maximum absolute atomic E-state index is 12.9. The van der Waals surface area contributed by atoms with Crippen LogP contribution in [0.2, 0.25) is 0 Å². The third-order valence-corrected chi connectivity index (χ3v) is 5.22. The minimum absolute atomic E-state index is 0.0312. The van der Waals surface area contributed by atoms with Gasteiger partial charge in [0.1, 0.15) is 23.9 Å². The van der Waals surface area contributed by atoms with Gasteiger partial charge in [-0.25, -0.2) is 0 Å². The lowest BCUT2D eigenvalue weighted by Gasteiger charge is -2.25. The molecule has 152 valence electrons. The van der Waals surface area contributed by atoms with Gasteiger partial charge in [-0.05, 0) is 69.4 Å². The maximum Gasteiger partial charge on any atom is 0.177 e. The number of ketones is 1. The first-order valence-corrected chi connectivity index (χ1v) is 9.96. The smallest absolute Gasteiger partial charge is 0.177 e. The normalized spacial score (nSPS) is 16.2. The number of ether oxygens (including phenoxy) is 1. The molecule has 0 fully saturated rings. The number of phenolic OH excluding ortho intramolecular Hbond substituents is 2. The molecule has 1 atom stereocenters. The summed E-state index contributed by atoms with van der Waals surface area (Å²) in [5.41, 5.74) is 4.70. The summed E-state index contributed by atoms with van der Waals surface area (Å²) in [4.78, 5) is 12.9. The molecule has 4 nitrogen and oxygen atoms in total. The Kier molecular flexibility index (Phi) is 6.42. The molecular weight excluding hydrogens is 364 g/mol. The van der Waals surface area contributed by atoms with E-state index < -0.39 is 5.92 Å². The Bertz CT molecular complexity index is 965. The Hall–Kier alpha value is -3.01. The highest BCUT2D eigenvalue weighted by molar-refractivity contribution is 6.04. The van der Waals surface area contributed by atoms with E-state index in [2.05, 4.69) is 32.9 Å². The third-order valence-electron chi connectivity index (χ3n) is 5.22. The molecule has 2 aromatic rings. The van der Waals surface area contributed by atoms with Crippen molar-refractivity contribution in [1.82, 2.24) is 0 Å². The number of phenols is 2. The molecule has 2 N–H and O–H groups in total. The fourth-order valence-corrected chi connectivity index (χ4v) is 3.48. The molecule has 0 saturated carbocycles. The van der Waals surface area contributed by atoms with Crippen LogP contribution in [0.15, 0.2) is 59.7 Å². The lowest BCUT2D eigenvalue weighted by Crippen LogP contribution is -2.26. The quantitative estimate of drug-likeness (QED) is 0.620. The number of allylic oxidation sites excluding steroid dienone is 4. The Morgan fingerprint density at radius 2 is 1.90 bits per heavy atom. The first kappa shape index (κ1) is 20.7. The van der Waals surface area contributed by atoms with Gasteiger partial charge in [0.25, 0.3) is 0 Å². The predicted octanol–water partition coefficient (Wildman–Crippen LogP) is 5.69. The van der Waals surface area contributed by atoms with Gasteiger partial charge >= 0.3 is 0 Å². The highest BCUT2D eigenvalue weighted by Gasteiger charge is 2.30. The van der Waals surface area contributed by atoms with Gasteiger partial charge in [-0.1, -0.05) is 35.4 Å². The van der Waals surface area contributed by atoms with Gasteiger partial charge in [-0.15, -0.1) is 0 Å². The van der Waals surface area contributed by atoms with Gasteiger partial charge in [0.05, 0.1) is 11.5 Å². The van der Waals surface area contributed by atoms with Crippen LogP contribution in [0.3, 0.4) is 0 Å². The van der Waals surface area contributed by atoms with Crippen molar-refractivity contribution in [3.63, 3.8) is 0 Å². The van der Waals surface area contributed by atoms with Crippen LogP contribution in [-0.2, 0) is 6.42 Å². The fourth-order valence-electron chi connectivity index (χ4n) is 3.48. The monoisotopic (exact) mass is 392 g/mol. The van der Waals surface area contributed by atoms with E-state index in [0.29, 0.717) is 17.7 Å². The molecule has 29 heavy (non-hydrogen) atoms. The molecular formula is C25H28O4. The Labute approximate surface area is 172 Å². The topological polar surface area (TPSA) is 66.8 Å². The number of fused-ring (bicyclic) bond motifs is 1. The van der Waals surface area contributed by atoms with Crippen molar-refractivity contribution in [1.29, 1.82) is 0 Å². The van der Waals surface area contributed by atoms with E-state index in [0.717, 1.165) is 24.0 Å². The summed E-state index contributed by atoms with van der Waals surface area (Å²) in [6.45, 7) is 6.52. The van der Waals surface area contributed by atoms with Crippen LogP contribution >= 0.6 is 0 Å². The van der Waals surface area contributed by atoms with Crippen molar-refractivity contribution in [3.8, 4) is 17.2 Å². The number of carbonyl (C=O) groups is 1. The van der Waals surface area contributed by atoms with Crippen molar-refractivity contribution in [2.24, 2.45) is 0 Å². The minimum atomic E-state index is -0.422.